The first kappa shape index (κ1) is 8.78. The number of thiophene rings is 1. The number of nitrogens with zero attached hydrogens (tertiary/aromatic N) is 3. The maximum atomic E-state index is 8.64. The molecule has 5 heteroatoms. The molecule has 0 saturated heterocycles. The average molecular weight is 204 g/mol. The van der Waals surface area contributed by atoms with E-state index in [4.69, 9.17) is 11.0 Å². The Hall–Kier alpha value is -1.80. The summed E-state index contributed by atoms with van der Waals surface area (Å²) >= 11 is 1.47. The van der Waals surface area contributed by atoms with E-state index in [1.54, 1.807) is 17.1 Å². The van der Waals surface area contributed by atoms with Crippen molar-refractivity contribution in [2.24, 2.45) is 0 Å². The first-order valence-corrected chi connectivity index (χ1v) is 4.86. The van der Waals surface area contributed by atoms with Crippen LogP contribution in [-0.2, 0) is 6.54 Å². The Morgan fingerprint density at radius 2 is 2.43 bits per heavy atom. The molecular weight excluding hydrogens is 196 g/mol. The molecule has 0 unspecified atom stereocenters. The van der Waals surface area contributed by atoms with Gasteiger partial charge in [-0.3, -0.25) is 4.68 Å². The van der Waals surface area contributed by atoms with Gasteiger partial charge in [0.05, 0.1) is 18.4 Å². The highest BCUT2D eigenvalue weighted by atomic mass is 32.1. The van der Waals surface area contributed by atoms with Crippen LogP contribution >= 0.6 is 11.3 Å². The minimum Gasteiger partial charge on any atom is -0.396 e. The zero-order valence-electron chi connectivity index (χ0n) is 7.34. The van der Waals surface area contributed by atoms with Gasteiger partial charge in [0.15, 0.2) is 0 Å². The molecule has 0 radical (unpaired) electrons. The van der Waals surface area contributed by atoms with Crippen LogP contribution in [0.4, 0.5) is 5.69 Å². The van der Waals surface area contributed by atoms with E-state index in [9.17, 15) is 0 Å². The zero-order valence-corrected chi connectivity index (χ0v) is 8.16. The van der Waals surface area contributed by atoms with Gasteiger partial charge in [-0.1, -0.05) is 0 Å². The molecule has 0 bridgehead atoms. The van der Waals surface area contributed by atoms with E-state index >= 15 is 0 Å². The highest BCUT2D eigenvalue weighted by Crippen LogP contribution is 2.16. The van der Waals surface area contributed by atoms with Crippen molar-refractivity contribution in [2.75, 3.05) is 5.73 Å². The number of nitriles is 1. The molecule has 4 nitrogen and oxygen atoms in total. The SMILES string of the molecule is N#Cc1ccc(Cn2cc(N)cn2)s1. The normalized spacial score (nSPS) is 9.93. The molecule has 0 saturated carbocycles. The molecule has 0 atom stereocenters. The number of hydrogen-bond donors (Lipinski definition) is 1. The van der Waals surface area contributed by atoms with Crippen LogP contribution < -0.4 is 5.73 Å². The largest absolute Gasteiger partial charge is 0.396 e. The molecule has 0 aliphatic carbocycles. The summed E-state index contributed by atoms with van der Waals surface area (Å²) in [5.41, 5.74) is 6.19. The van der Waals surface area contributed by atoms with E-state index in [2.05, 4.69) is 11.2 Å². The molecular formula is C9H8N4S. The number of aromatic nitrogens is 2. The molecule has 2 heterocycles. The van der Waals surface area contributed by atoms with Crippen molar-refractivity contribution >= 4 is 17.0 Å². The smallest absolute Gasteiger partial charge is 0.110 e. The standard InChI is InChI=1S/C9H8N4S/c10-3-8-1-2-9(14-8)6-13-5-7(11)4-12-13/h1-2,4-5H,6,11H2. The third-order valence-corrected chi connectivity index (χ3v) is 2.72. The third kappa shape index (κ3) is 1.75. The van der Waals surface area contributed by atoms with Crippen LogP contribution in [0.2, 0.25) is 0 Å². The number of nitrogens with two attached hydrogens (primary N) is 1. The monoisotopic (exact) mass is 204 g/mol. The second-order valence-electron chi connectivity index (χ2n) is 2.85. The van der Waals surface area contributed by atoms with Crippen LogP contribution in [0.5, 0.6) is 0 Å². The molecule has 0 aromatic carbocycles. The van der Waals surface area contributed by atoms with Gasteiger partial charge in [0.1, 0.15) is 10.9 Å². The summed E-state index contributed by atoms with van der Waals surface area (Å²) in [6.07, 6.45) is 3.38. The van der Waals surface area contributed by atoms with Crippen LogP contribution in [0, 0.1) is 11.3 Å². The van der Waals surface area contributed by atoms with E-state index in [1.165, 1.54) is 11.3 Å². The highest BCUT2D eigenvalue weighted by molar-refractivity contribution is 7.12. The molecule has 2 rings (SSSR count). The van der Waals surface area contributed by atoms with Gasteiger partial charge in [0.2, 0.25) is 0 Å². The lowest BCUT2D eigenvalue weighted by molar-refractivity contribution is 0.695. The fourth-order valence-electron chi connectivity index (χ4n) is 1.15. The topological polar surface area (TPSA) is 67.6 Å². The van der Waals surface area contributed by atoms with Gasteiger partial charge >= 0.3 is 0 Å². The molecule has 0 aliphatic rings. The van der Waals surface area contributed by atoms with Crippen LogP contribution in [0.1, 0.15) is 9.75 Å². The number of anilines is 1. The Kier molecular flexibility index (Phi) is 2.21. The summed E-state index contributed by atoms with van der Waals surface area (Å²) < 4.78 is 1.75. The Morgan fingerprint density at radius 3 is 3.00 bits per heavy atom. The molecule has 2 aromatic rings. The number of nitrogen functional groups attached to an aromatic ring is 1. The van der Waals surface area contributed by atoms with Crippen molar-refractivity contribution in [1.29, 1.82) is 5.26 Å². The van der Waals surface area contributed by atoms with E-state index in [0.29, 0.717) is 12.2 Å². The van der Waals surface area contributed by atoms with Crippen molar-refractivity contribution in [3.05, 3.63) is 34.3 Å². The Balaban J connectivity index is 2.15. The van der Waals surface area contributed by atoms with Crippen molar-refractivity contribution in [3.8, 4) is 6.07 Å². The average Bonchev–Trinajstić information content (AvgIpc) is 2.76. The maximum Gasteiger partial charge on any atom is 0.110 e. The maximum absolute atomic E-state index is 8.64. The molecule has 0 spiro atoms. The predicted molar refractivity (Wildman–Crippen MR) is 54.8 cm³/mol. The minimum atomic E-state index is 0.655. The Morgan fingerprint density at radius 1 is 1.57 bits per heavy atom. The lowest BCUT2D eigenvalue weighted by atomic mass is 10.4. The fraction of sp³-hybridized carbons (Fsp3) is 0.111. The van der Waals surface area contributed by atoms with Crippen LogP contribution in [0.25, 0.3) is 0 Å². The van der Waals surface area contributed by atoms with E-state index in [-0.39, 0.29) is 0 Å². The lowest BCUT2D eigenvalue weighted by Gasteiger charge is -1.95. The van der Waals surface area contributed by atoms with Gasteiger partial charge in [0, 0.05) is 11.1 Å². The van der Waals surface area contributed by atoms with Gasteiger partial charge in [0.25, 0.3) is 0 Å². The summed E-state index contributed by atoms with van der Waals surface area (Å²) in [5.74, 6) is 0. The summed E-state index contributed by atoms with van der Waals surface area (Å²) in [4.78, 5) is 1.82. The van der Waals surface area contributed by atoms with Gasteiger partial charge < -0.3 is 5.73 Å². The second kappa shape index (κ2) is 3.52. The van der Waals surface area contributed by atoms with Gasteiger partial charge in [-0.15, -0.1) is 11.3 Å². The van der Waals surface area contributed by atoms with Crippen molar-refractivity contribution < 1.29 is 0 Å². The van der Waals surface area contributed by atoms with Crippen molar-refractivity contribution in [2.45, 2.75) is 6.54 Å². The van der Waals surface area contributed by atoms with Crippen molar-refractivity contribution in [3.63, 3.8) is 0 Å². The zero-order chi connectivity index (χ0) is 9.97. The van der Waals surface area contributed by atoms with E-state index in [1.807, 2.05) is 12.1 Å². The second-order valence-corrected chi connectivity index (χ2v) is 4.02. The molecule has 2 aromatic heterocycles. The summed E-state index contributed by atoms with van der Waals surface area (Å²) in [5, 5.41) is 12.7. The van der Waals surface area contributed by atoms with Crippen LogP contribution in [0.3, 0.4) is 0 Å². The van der Waals surface area contributed by atoms with Crippen LogP contribution in [-0.4, -0.2) is 9.78 Å². The first-order valence-electron chi connectivity index (χ1n) is 4.04. The quantitative estimate of drug-likeness (QED) is 0.805. The molecule has 0 aliphatic heterocycles. The Bertz CT molecular complexity index is 477. The molecule has 14 heavy (non-hydrogen) atoms. The van der Waals surface area contributed by atoms with Crippen LogP contribution in [0.15, 0.2) is 24.5 Å². The molecule has 2 N–H and O–H groups in total. The van der Waals surface area contributed by atoms with Gasteiger partial charge in [-0.05, 0) is 12.1 Å². The molecule has 0 amide bonds. The molecule has 0 fully saturated rings. The minimum absolute atomic E-state index is 0.655. The predicted octanol–water partition coefficient (Wildman–Crippen LogP) is 1.45. The van der Waals surface area contributed by atoms with E-state index in [0.717, 1.165) is 9.75 Å². The summed E-state index contributed by atoms with van der Waals surface area (Å²) in [6, 6.07) is 5.85. The molecule has 70 valence electrons. The number of rotatable bonds is 2. The number of hydrogen-bond acceptors (Lipinski definition) is 4. The summed E-state index contributed by atoms with van der Waals surface area (Å²) in [6.45, 7) is 0.670. The first-order chi connectivity index (χ1) is 6.78. The lowest BCUT2D eigenvalue weighted by Crippen LogP contribution is -1.97. The van der Waals surface area contributed by atoms with Gasteiger partial charge in [-0.2, -0.15) is 10.4 Å². The highest BCUT2D eigenvalue weighted by Gasteiger charge is 2.01. The third-order valence-electron chi connectivity index (χ3n) is 1.74. The fourth-order valence-corrected chi connectivity index (χ4v) is 1.95. The van der Waals surface area contributed by atoms with E-state index < -0.39 is 0 Å². The Labute approximate surface area is 85.2 Å². The van der Waals surface area contributed by atoms with Crippen molar-refractivity contribution in [1.82, 2.24) is 9.78 Å². The van der Waals surface area contributed by atoms with Gasteiger partial charge in [-0.25, -0.2) is 0 Å². The summed E-state index contributed by atoms with van der Waals surface area (Å²) in [7, 11) is 0.